The fraction of sp³-hybridized carbons (Fsp3) is 0. The van der Waals surface area contributed by atoms with Gasteiger partial charge >= 0.3 is 31.0 Å². The van der Waals surface area contributed by atoms with Crippen LogP contribution in [0, 0.1) is 0 Å². The molecule has 2 rings (SSSR count). The number of nitrogens with two attached hydrogens (primary N) is 1. The first kappa shape index (κ1) is 17.4. The first-order valence-electron chi connectivity index (χ1n) is 4.84. The minimum absolute atomic E-state index is 0. The largest absolute Gasteiger partial charge is 1.00 e. The van der Waals surface area contributed by atoms with Crippen LogP contribution < -0.4 is 35.3 Å². The van der Waals surface area contributed by atoms with Crippen LogP contribution in [-0.2, 0) is 20.2 Å². The summed E-state index contributed by atoms with van der Waals surface area (Å²) in [5.41, 5.74) is 5.58. The minimum atomic E-state index is -4.72. The van der Waals surface area contributed by atoms with E-state index in [1.54, 1.807) is 0 Å². The molecule has 7 nitrogen and oxygen atoms in total. The second-order valence-electron chi connectivity index (χ2n) is 3.80. The molecule has 0 heterocycles. The number of benzene rings is 2. The summed E-state index contributed by atoms with van der Waals surface area (Å²) >= 11 is 0. The summed E-state index contributed by atoms with van der Waals surface area (Å²) in [4.78, 5) is -1.11. The molecular weight excluding hydrogens is 317 g/mol. The Bertz CT molecular complexity index is 877. The van der Waals surface area contributed by atoms with Crippen molar-refractivity contribution >= 4 is 36.7 Å². The van der Waals surface area contributed by atoms with Gasteiger partial charge in [0.15, 0.2) is 0 Å². The van der Waals surface area contributed by atoms with E-state index in [1.165, 1.54) is 6.07 Å². The third kappa shape index (κ3) is 3.50. The number of nitrogen functional groups attached to an aromatic ring is 1. The van der Waals surface area contributed by atoms with Crippen molar-refractivity contribution in [3.05, 3.63) is 30.3 Å². The molecule has 0 atom stereocenters. The van der Waals surface area contributed by atoms with Crippen LogP contribution in [0.25, 0.3) is 10.8 Å². The summed E-state index contributed by atoms with van der Waals surface area (Å²) in [6, 6.07) is 5.27. The standard InChI is InChI=1S/C10H9NO6S2.Na/c11-10-5-8(19(15,16)17)4-6-3-7(18(12,13)14)1-2-9(6)10;/h1-5H,11H2,(H,12,13,14)(H,15,16,17);/q;+1/p-1. The molecule has 0 aromatic heterocycles. The molecule has 20 heavy (non-hydrogen) atoms. The quantitative estimate of drug-likeness (QED) is 0.361. The third-order valence-electron chi connectivity index (χ3n) is 2.51. The van der Waals surface area contributed by atoms with Crippen molar-refractivity contribution in [1.29, 1.82) is 0 Å². The average Bonchev–Trinajstić information content (AvgIpc) is 2.25. The van der Waals surface area contributed by atoms with Gasteiger partial charge in [-0.25, -0.2) is 16.8 Å². The van der Waals surface area contributed by atoms with Gasteiger partial charge in [0.2, 0.25) is 0 Å². The van der Waals surface area contributed by atoms with Crippen LogP contribution in [0.1, 0.15) is 1.43 Å². The van der Waals surface area contributed by atoms with Gasteiger partial charge < -0.3 is 14.8 Å². The maximum Gasteiger partial charge on any atom is 1.00 e. The zero-order chi connectivity index (χ0) is 14.4. The van der Waals surface area contributed by atoms with E-state index in [2.05, 4.69) is 0 Å². The summed E-state index contributed by atoms with van der Waals surface area (Å²) < 4.78 is 65.4. The molecule has 2 aromatic carbocycles. The summed E-state index contributed by atoms with van der Waals surface area (Å²) in [6.45, 7) is 0. The van der Waals surface area contributed by atoms with Crippen LogP contribution in [-0.4, -0.2) is 25.9 Å². The van der Waals surface area contributed by atoms with E-state index in [-0.39, 0.29) is 42.1 Å². The Hall–Kier alpha value is -0.680. The van der Waals surface area contributed by atoms with Crippen molar-refractivity contribution in [3.8, 4) is 0 Å². The smallest absolute Gasteiger partial charge is 0.744 e. The summed E-state index contributed by atoms with van der Waals surface area (Å²) in [6.07, 6.45) is 0. The van der Waals surface area contributed by atoms with E-state index in [9.17, 15) is 25.9 Å². The molecular formula is C10H8NNaO6S2. The van der Waals surface area contributed by atoms with Gasteiger partial charge in [0, 0.05) is 11.1 Å². The van der Waals surface area contributed by atoms with E-state index in [0.29, 0.717) is 5.39 Å². The SMILES string of the molecule is Nc1cc(S(=O)(=O)[O-])cc2cc(S(=O)(=O)[O-])ccc12.[H+].[Na+]. The molecule has 0 bridgehead atoms. The molecule has 0 amide bonds. The third-order valence-corrected chi connectivity index (χ3v) is 4.15. The van der Waals surface area contributed by atoms with Gasteiger partial charge in [0.25, 0.3) is 0 Å². The van der Waals surface area contributed by atoms with Crippen LogP contribution in [0.3, 0.4) is 0 Å². The number of hydrogen-bond acceptors (Lipinski definition) is 7. The molecule has 0 aliphatic rings. The van der Waals surface area contributed by atoms with E-state index in [4.69, 9.17) is 5.73 Å². The topological polar surface area (TPSA) is 140 Å². The van der Waals surface area contributed by atoms with Crippen molar-refractivity contribution in [2.24, 2.45) is 0 Å². The number of rotatable bonds is 2. The van der Waals surface area contributed by atoms with Gasteiger partial charge in [-0.15, -0.1) is 0 Å². The first-order valence-corrected chi connectivity index (χ1v) is 7.66. The van der Waals surface area contributed by atoms with Gasteiger partial charge in [-0.2, -0.15) is 0 Å². The predicted molar refractivity (Wildman–Crippen MR) is 65.4 cm³/mol. The molecule has 102 valence electrons. The first-order chi connectivity index (χ1) is 8.59. The van der Waals surface area contributed by atoms with Crippen LogP contribution >= 0.6 is 0 Å². The van der Waals surface area contributed by atoms with Gasteiger partial charge in [0.05, 0.1) is 9.79 Å². The molecule has 10 heteroatoms. The van der Waals surface area contributed by atoms with E-state index >= 15 is 0 Å². The van der Waals surface area contributed by atoms with Gasteiger partial charge in [-0.3, -0.25) is 0 Å². The normalized spacial score (nSPS) is 12.1. The molecule has 0 aliphatic carbocycles. The minimum Gasteiger partial charge on any atom is -0.744 e. The van der Waals surface area contributed by atoms with E-state index < -0.39 is 30.0 Å². The Morgan fingerprint density at radius 3 is 1.90 bits per heavy atom. The number of hydrogen-bond donors (Lipinski definition) is 1. The molecule has 0 aliphatic heterocycles. The Morgan fingerprint density at radius 2 is 1.40 bits per heavy atom. The maximum atomic E-state index is 10.9. The van der Waals surface area contributed by atoms with Crippen LogP contribution in [0.4, 0.5) is 5.69 Å². The summed E-state index contributed by atoms with van der Waals surface area (Å²) in [5, 5.41) is 0.436. The van der Waals surface area contributed by atoms with Gasteiger partial charge in [-0.1, -0.05) is 6.07 Å². The second kappa shape index (κ2) is 5.60. The van der Waals surface area contributed by atoms with Crippen molar-refractivity contribution in [2.45, 2.75) is 9.79 Å². The van der Waals surface area contributed by atoms with Crippen LogP contribution in [0.5, 0.6) is 0 Å². The van der Waals surface area contributed by atoms with Crippen molar-refractivity contribution in [2.75, 3.05) is 5.73 Å². The molecule has 0 saturated heterocycles. The van der Waals surface area contributed by atoms with E-state index in [0.717, 1.165) is 24.3 Å². The molecule has 0 radical (unpaired) electrons. The zero-order valence-corrected chi connectivity index (χ0v) is 13.9. The fourth-order valence-electron chi connectivity index (χ4n) is 1.65. The van der Waals surface area contributed by atoms with Crippen LogP contribution in [0.15, 0.2) is 40.1 Å². The Morgan fingerprint density at radius 1 is 0.900 bits per heavy atom. The average molecular weight is 325 g/mol. The van der Waals surface area contributed by atoms with Crippen molar-refractivity contribution in [1.82, 2.24) is 0 Å². The molecule has 0 spiro atoms. The van der Waals surface area contributed by atoms with Crippen molar-refractivity contribution in [3.63, 3.8) is 0 Å². The monoisotopic (exact) mass is 325 g/mol. The Kier molecular flexibility index (Phi) is 4.87. The number of anilines is 1. The van der Waals surface area contributed by atoms with Crippen molar-refractivity contribution < 1.29 is 56.9 Å². The molecule has 2 aromatic rings. The summed E-state index contributed by atoms with van der Waals surface area (Å²) in [5.74, 6) is 0. The number of fused-ring (bicyclic) bond motifs is 1. The summed E-state index contributed by atoms with van der Waals surface area (Å²) in [7, 11) is -9.40. The van der Waals surface area contributed by atoms with Gasteiger partial charge in [-0.05, 0) is 29.7 Å². The maximum absolute atomic E-state index is 10.9. The zero-order valence-electron chi connectivity index (χ0n) is 11.2. The van der Waals surface area contributed by atoms with Crippen LogP contribution in [0.2, 0.25) is 0 Å². The van der Waals surface area contributed by atoms with E-state index in [1.807, 2.05) is 0 Å². The van der Waals surface area contributed by atoms with Gasteiger partial charge in [0.1, 0.15) is 20.2 Å². The Balaban J connectivity index is 0.00000200. The Labute approximate surface area is 139 Å². The fourth-order valence-corrected chi connectivity index (χ4v) is 2.70. The molecule has 0 unspecified atom stereocenters. The molecule has 0 saturated carbocycles. The second-order valence-corrected chi connectivity index (χ2v) is 6.56. The predicted octanol–water partition coefficient (Wildman–Crippen LogP) is -2.65. The molecule has 0 fully saturated rings. The molecule has 2 N–H and O–H groups in total.